The molecule has 1 amide bonds. The highest BCUT2D eigenvalue weighted by Crippen LogP contribution is 2.38. The summed E-state index contributed by atoms with van der Waals surface area (Å²) >= 11 is 14.1. The van der Waals surface area contributed by atoms with Crippen LogP contribution in [0.25, 0.3) is 21.9 Å². The molecule has 6 nitrogen and oxygen atoms in total. The van der Waals surface area contributed by atoms with Gasteiger partial charge in [0.15, 0.2) is 5.82 Å². The Morgan fingerprint density at radius 3 is 2.34 bits per heavy atom. The summed E-state index contributed by atoms with van der Waals surface area (Å²) in [7, 11) is 0. The van der Waals surface area contributed by atoms with Crippen molar-refractivity contribution in [3.63, 3.8) is 0 Å². The van der Waals surface area contributed by atoms with Crippen molar-refractivity contribution in [3.05, 3.63) is 107 Å². The molecule has 35 heavy (non-hydrogen) atoms. The Morgan fingerprint density at radius 2 is 1.63 bits per heavy atom. The molecular formula is C25H13Br2ClN4O2S. The summed E-state index contributed by atoms with van der Waals surface area (Å²) in [6.07, 6.45) is 0. The van der Waals surface area contributed by atoms with Gasteiger partial charge in [-0.15, -0.1) is 5.10 Å². The van der Waals surface area contributed by atoms with E-state index in [1.165, 1.54) is 15.9 Å². The maximum atomic E-state index is 13.7. The number of carbonyl (C=O) groups excluding carboxylic acids is 1. The van der Waals surface area contributed by atoms with Crippen LogP contribution in [0.15, 0.2) is 80.5 Å². The molecule has 0 atom stereocenters. The van der Waals surface area contributed by atoms with Gasteiger partial charge < -0.3 is 4.90 Å². The van der Waals surface area contributed by atoms with E-state index in [2.05, 4.69) is 41.9 Å². The Kier molecular flexibility index (Phi) is 5.60. The highest BCUT2D eigenvalue weighted by Gasteiger charge is 2.34. The van der Waals surface area contributed by atoms with E-state index in [9.17, 15) is 9.59 Å². The first-order valence-electron chi connectivity index (χ1n) is 10.4. The van der Waals surface area contributed by atoms with E-state index in [-0.39, 0.29) is 11.5 Å². The normalized spacial score (nSPS) is 14.7. The lowest BCUT2D eigenvalue weighted by Gasteiger charge is -2.17. The van der Waals surface area contributed by atoms with Crippen LogP contribution >= 0.6 is 54.8 Å². The molecule has 0 radical (unpaired) electrons. The zero-order chi connectivity index (χ0) is 24.3. The number of hydrogen-bond donors (Lipinski definition) is 0. The fraction of sp³-hybridized carbons (Fsp3) is 0.0400. The van der Waals surface area contributed by atoms with Crippen molar-refractivity contribution in [1.82, 2.24) is 14.6 Å². The predicted octanol–water partition coefficient (Wildman–Crippen LogP) is 5.46. The molecule has 2 aromatic heterocycles. The highest BCUT2D eigenvalue weighted by molar-refractivity contribution is 9.10. The first kappa shape index (κ1) is 22.6. The third-order valence-electron chi connectivity index (χ3n) is 5.72. The average molecular weight is 629 g/mol. The van der Waals surface area contributed by atoms with Crippen LogP contribution in [0.1, 0.15) is 11.1 Å². The summed E-state index contributed by atoms with van der Waals surface area (Å²) in [4.78, 5) is 33.8. The minimum Gasteiger partial charge on any atom is -0.303 e. The van der Waals surface area contributed by atoms with E-state index in [4.69, 9.17) is 11.6 Å². The molecule has 10 heteroatoms. The maximum absolute atomic E-state index is 13.7. The quantitative estimate of drug-likeness (QED) is 0.266. The Balaban J connectivity index is 1.50. The van der Waals surface area contributed by atoms with Gasteiger partial charge in [-0.1, -0.05) is 79.1 Å². The lowest BCUT2D eigenvalue weighted by atomic mass is 10.1. The number of thiazole rings is 1. The van der Waals surface area contributed by atoms with Crippen LogP contribution in [0.2, 0.25) is 5.02 Å². The second-order valence-electron chi connectivity index (χ2n) is 7.93. The van der Waals surface area contributed by atoms with E-state index >= 15 is 0 Å². The number of nitrogens with zero attached hydrogens (tertiary/aromatic N) is 4. The molecule has 6 rings (SSSR count). The minimum absolute atomic E-state index is 0.234. The molecule has 0 spiro atoms. The summed E-state index contributed by atoms with van der Waals surface area (Å²) in [5.74, 6) is 0.227. The third-order valence-corrected chi connectivity index (χ3v) is 8.02. The van der Waals surface area contributed by atoms with Crippen LogP contribution in [0.3, 0.4) is 0 Å². The van der Waals surface area contributed by atoms with Crippen LogP contribution in [-0.2, 0) is 11.3 Å². The van der Waals surface area contributed by atoms with E-state index in [1.54, 1.807) is 17.0 Å². The summed E-state index contributed by atoms with van der Waals surface area (Å²) in [5, 5.41) is 5.06. The monoisotopic (exact) mass is 626 g/mol. The number of anilines is 1. The molecule has 3 heterocycles. The second-order valence-corrected chi connectivity index (χ2v) is 11.2. The van der Waals surface area contributed by atoms with Crippen LogP contribution in [0.4, 0.5) is 5.69 Å². The van der Waals surface area contributed by atoms with Gasteiger partial charge in [0, 0.05) is 25.1 Å². The number of amides is 1. The Hall–Kier alpha value is -2.85. The zero-order valence-corrected chi connectivity index (χ0v) is 22.4. The molecule has 1 aliphatic rings. The van der Waals surface area contributed by atoms with Gasteiger partial charge in [-0.25, -0.2) is 0 Å². The number of rotatable bonds is 3. The molecule has 0 saturated heterocycles. The van der Waals surface area contributed by atoms with Crippen LogP contribution in [-0.4, -0.2) is 20.5 Å². The molecule has 0 unspecified atom stereocenters. The summed E-state index contributed by atoms with van der Waals surface area (Å²) in [6.45, 7) is 0.358. The van der Waals surface area contributed by atoms with Crippen molar-refractivity contribution in [2.75, 3.05) is 4.90 Å². The number of fused-ring (bicyclic) bond motifs is 2. The molecule has 0 fully saturated rings. The molecular weight excluding hydrogens is 616 g/mol. The lowest BCUT2D eigenvalue weighted by molar-refractivity contribution is -0.113. The Labute approximate surface area is 224 Å². The van der Waals surface area contributed by atoms with Crippen molar-refractivity contribution < 1.29 is 4.79 Å². The van der Waals surface area contributed by atoms with E-state index in [0.29, 0.717) is 38.0 Å². The second kappa shape index (κ2) is 8.67. The minimum atomic E-state index is -0.358. The van der Waals surface area contributed by atoms with Crippen molar-refractivity contribution in [2.24, 2.45) is 0 Å². The summed E-state index contributed by atoms with van der Waals surface area (Å²) < 4.78 is 3.36. The summed E-state index contributed by atoms with van der Waals surface area (Å²) in [6, 6.07) is 20.5. The molecule has 0 N–H and O–H groups in total. The molecule has 0 saturated carbocycles. The number of benzene rings is 3. The smallest absolute Gasteiger partial charge is 0.291 e. The first-order chi connectivity index (χ1) is 16.9. The van der Waals surface area contributed by atoms with Crippen LogP contribution in [0, 0.1) is 0 Å². The fourth-order valence-electron chi connectivity index (χ4n) is 4.06. The van der Waals surface area contributed by atoms with Gasteiger partial charge in [0.25, 0.3) is 11.5 Å². The molecule has 3 aromatic carbocycles. The maximum Gasteiger partial charge on any atom is 0.291 e. The molecule has 0 aliphatic carbocycles. The van der Waals surface area contributed by atoms with Crippen molar-refractivity contribution in [3.8, 4) is 11.4 Å². The van der Waals surface area contributed by atoms with Crippen molar-refractivity contribution in [2.45, 2.75) is 6.54 Å². The Bertz CT molecular complexity index is 1750. The van der Waals surface area contributed by atoms with Gasteiger partial charge in [-0.3, -0.25) is 9.59 Å². The predicted molar refractivity (Wildman–Crippen MR) is 145 cm³/mol. The molecule has 172 valence electrons. The van der Waals surface area contributed by atoms with E-state index in [1.807, 2.05) is 54.6 Å². The van der Waals surface area contributed by atoms with Gasteiger partial charge in [0.1, 0.15) is 4.53 Å². The summed E-state index contributed by atoms with van der Waals surface area (Å²) in [5.41, 5.74) is 3.19. The average Bonchev–Trinajstić information content (AvgIpc) is 3.47. The number of hydrogen-bond acceptors (Lipinski definition) is 5. The first-order valence-corrected chi connectivity index (χ1v) is 13.2. The SMILES string of the molecule is O=C1C(=c2sc3nc(-c4ccc(Br)cc4)nn3c2=O)c2cc(Br)ccc2N1Cc1ccc(Cl)cc1. The zero-order valence-electron chi connectivity index (χ0n) is 17.7. The van der Waals surface area contributed by atoms with Gasteiger partial charge in [-0.05, 0) is 48.0 Å². The van der Waals surface area contributed by atoms with Crippen molar-refractivity contribution in [1.29, 1.82) is 0 Å². The molecule has 0 bridgehead atoms. The van der Waals surface area contributed by atoms with Crippen LogP contribution in [0.5, 0.6) is 0 Å². The largest absolute Gasteiger partial charge is 0.303 e. The van der Waals surface area contributed by atoms with Gasteiger partial charge in [0.05, 0.1) is 17.8 Å². The number of halogens is 3. The lowest BCUT2D eigenvalue weighted by Crippen LogP contribution is -2.32. The standard InChI is InChI=1S/C25H13Br2ClN4O2S/c26-15-5-3-14(4-6-15)22-29-25-32(30-22)24(34)21(35-25)20-18-11-16(27)7-10-19(18)31(23(20)33)12-13-1-8-17(28)9-2-13/h1-11H,12H2. The van der Waals surface area contributed by atoms with Gasteiger partial charge >= 0.3 is 0 Å². The number of aromatic nitrogens is 3. The highest BCUT2D eigenvalue weighted by atomic mass is 79.9. The molecule has 1 aliphatic heterocycles. The van der Waals surface area contributed by atoms with E-state index < -0.39 is 0 Å². The topological polar surface area (TPSA) is 67.6 Å². The third kappa shape index (κ3) is 3.92. The Morgan fingerprint density at radius 1 is 0.914 bits per heavy atom. The van der Waals surface area contributed by atoms with Crippen LogP contribution < -0.4 is 15.0 Å². The number of carbonyl (C=O) groups is 1. The van der Waals surface area contributed by atoms with E-state index in [0.717, 1.165) is 25.8 Å². The van der Waals surface area contributed by atoms with Crippen molar-refractivity contribution >= 4 is 76.9 Å². The fourth-order valence-corrected chi connectivity index (χ4v) is 5.81. The van der Waals surface area contributed by atoms with Gasteiger partial charge in [0.2, 0.25) is 4.96 Å². The van der Waals surface area contributed by atoms with Gasteiger partial charge in [-0.2, -0.15) is 9.50 Å². The molecule has 5 aromatic rings.